The van der Waals surface area contributed by atoms with Crippen LogP contribution in [-0.4, -0.2) is 68.2 Å². The highest BCUT2D eigenvalue weighted by atomic mass is 32.1. The molecule has 2 fully saturated rings. The number of nitrogens with one attached hydrogen (secondary N) is 1. The van der Waals surface area contributed by atoms with Gasteiger partial charge in [0, 0.05) is 33.1 Å². The monoisotopic (exact) mass is 446 g/mol. The highest BCUT2D eigenvalue weighted by Gasteiger charge is 2.33. The lowest BCUT2D eigenvalue weighted by Gasteiger charge is -2.36. The van der Waals surface area contributed by atoms with Crippen molar-refractivity contribution in [2.75, 3.05) is 49.1 Å². The molecule has 0 aliphatic carbocycles. The van der Waals surface area contributed by atoms with Crippen LogP contribution >= 0.6 is 11.3 Å². The molecule has 1 N–H and O–H groups in total. The van der Waals surface area contributed by atoms with Crippen LogP contribution in [0.3, 0.4) is 0 Å². The quantitative estimate of drug-likeness (QED) is 0.762. The number of halogens is 1. The van der Waals surface area contributed by atoms with Gasteiger partial charge in [-0.3, -0.25) is 14.5 Å². The van der Waals surface area contributed by atoms with Gasteiger partial charge in [-0.25, -0.2) is 9.18 Å². The smallest absolute Gasteiger partial charge is 0.414 e. The number of anilines is 2. The molecule has 10 heteroatoms. The molecule has 8 nitrogen and oxygen atoms in total. The van der Waals surface area contributed by atoms with Gasteiger partial charge >= 0.3 is 6.09 Å². The molecule has 2 aliphatic rings. The van der Waals surface area contributed by atoms with Gasteiger partial charge in [-0.15, -0.1) is 11.3 Å². The van der Waals surface area contributed by atoms with Gasteiger partial charge in [-0.2, -0.15) is 0 Å². The second-order valence-electron chi connectivity index (χ2n) is 7.45. The average molecular weight is 447 g/mol. The maximum Gasteiger partial charge on any atom is 0.414 e. The van der Waals surface area contributed by atoms with E-state index in [1.165, 1.54) is 29.2 Å². The lowest BCUT2D eigenvalue weighted by atomic mass is 10.2. The fourth-order valence-electron chi connectivity index (χ4n) is 3.72. The zero-order chi connectivity index (χ0) is 22.0. The van der Waals surface area contributed by atoms with Crippen molar-refractivity contribution in [1.29, 1.82) is 0 Å². The molecule has 1 atom stereocenters. The summed E-state index contributed by atoms with van der Waals surface area (Å²) in [6.07, 6.45) is -1.05. The van der Waals surface area contributed by atoms with E-state index in [1.807, 2.05) is 22.4 Å². The van der Waals surface area contributed by atoms with E-state index in [1.54, 1.807) is 17.0 Å². The maximum absolute atomic E-state index is 14.9. The van der Waals surface area contributed by atoms with E-state index >= 15 is 0 Å². The largest absolute Gasteiger partial charge is 0.442 e. The number of ether oxygens (including phenoxy) is 1. The Labute approximate surface area is 183 Å². The van der Waals surface area contributed by atoms with Gasteiger partial charge in [0.05, 0.1) is 29.3 Å². The number of benzene rings is 1. The highest BCUT2D eigenvalue weighted by Crippen LogP contribution is 2.28. The molecule has 0 unspecified atom stereocenters. The number of carbonyl (C=O) groups excluding carboxylic acids is 3. The van der Waals surface area contributed by atoms with Crippen molar-refractivity contribution in [1.82, 2.24) is 10.2 Å². The van der Waals surface area contributed by atoms with Crippen molar-refractivity contribution in [2.24, 2.45) is 0 Å². The summed E-state index contributed by atoms with van der Waals surface area (Å²) in [5.74, 6) is -0.637. The Bertz CT molecular complexity index is 976. The SMILES string of the molecule is CC(=O)NC[C@H]1CN(c2ccc(N3CCN(C(=O)c4cccs4)CC3)c(F)c2)C(=O)O1. The van der Waals surface area contributed by atoms with E-state index < -0.39 is 18.0 Å². The summed E-state index contributed by atoms with van der Waals surface area (Å²) < 4.78 is 20.1. The summed E-state index contributed by atoms with van der Waals surface area (Å²) in [6.45, 7) is 3.92. The van der Waals surface area contributed by atoms with Crippen LogP contribution in [0.2, 0.25) is 0 Å². The molecule has 1 aromatic carbocycles. The third-order valence-corrected chi connectivity index (χ3v) is 6.19. The molecule has 0 saturated carbocycles. The summed E-state index contributed by atoms with van der Waals surface area (Å²) in [5, 5.41) is 4.49. The molecular weight excluding hydrogens is 423 g/mol. The van der Waals surface area contributed by atoms with Crippen molar-refractivity contribution < 1.29 is 23.5 Å². The van der Waals surface area contributed by atoms with Crippen LogP contribution in [0.15, 0.2) is 35.7 Å². The molecule has 0 bridgehead atoms. The molecule has 2 aromatic rings. The van der Waals surface area contributed by atoms with Crippen LogP contribution in [0, 0.1) is 5.82 Å². The number of hydrogen-bond acceptors (Lipinski definition) is 6. The number of thiophene rings is 1. The molecule has 2 saturated heterocycles. The van der Waals surface area contributed by atoms with Crippen LogP contribution in [0.5, 0.6) is 0 Å². The Hall–Kier alpha value is -3.14. The molecule has 4 rings (SSSR count). The minimum absolute atomic E-state index is 0.00633. The van der Waals surface area contributed by atoms with Gasteiger partial charge in [0.15, 0.2) is 0 Å². The van der Waals surface area contributed by atoms with Crippen molar-refractivity contribution in [3.8, 4) is 0 Å². The maximum atomic E-state index is 14.9. The van der Waals surface area contributed by atoms with Crippen LogP contribution in [0.1, 0.15) is 16.6 Å². The highest BCUT2D eigenvalue weighted by molar-refractivity contribution is 7.12. The van der Waals surface area contributed by atoms with Gasteiger partial charge in [-0.1, -0.05) is 6.07 Å². The van der Waals surface area contributed by atoms with Crippen LogP contribution in [0.4, 0.5) is 20.6 Å². The number of piperazine rings is 1. The van der Waals surface area contributed by atoms with Gasteiger partial charge in [-0.05, 0) is 29.6 Å². The molecule has 0 radical (unpaired) electrons. The first-order valence-electron chi connectivity index (χ1n) is 10.0. The molecule has 0 spiro atoms. The number of hydrogen-bond donors (Lipinski definition) is 1. The second-order valence-corrected chi connectivity index (χ2v) is 8.39. The summed E-state index contributed by atoms with van der Waals surface area (Å²) in [7, 11) is 0. The number of carbonyl (C=O) groups is 3. The van der Waals surface area contributed by atoms with Crippen molar-refractivity contribution in [3.05, 3.63) is 46.4 Å². The molecule has 1 aromatic heterocycles. The van der Waals surface area contributed by atoms with Gasteiger partial charge in [0.1, 0.15) is 11.9 Å². The number of rotatable bonds is 5. The van der Waals surface area contributed by atoms with E-state index in [-0.39, 0.29) is 24.9 Å². The van der Waals surface area contributed by atoms with Crippen molar-refractivity contribution in [3.63, 3.8) is 0 Å². The Morgan fingerprint density at radius 3 is 2.65 bits per heavy atom. The number of amides is 3. The first-order valence-corrected chi connectivity index (χ1v) is 10.9. The molecule has 31 heavy (non-hydrogen) atoms. The second kappa shape index (κ2) is 8.93. The fraction of sp³-hybridized carbons (Fsp3) is 0.381. The van der Waals surface area contributed by atoms with E-state index in [2.05, 4.69) is 5.32 Å². The van der Waals surface area contributed by atoms with Gasteiger partial charge in [0.25, 0.3) is 5.91 Å². The summed E-state index contributed by atoms with van der Waals surface area (Å²) in [6, 6.07) is 8.31. The van der Waals surface area contributed by atoms with Crippen LogP contribution in [0.25, 0.3) is 0 Å². The Morgan fingerprint density at radius 2 is 2.00 bits per heavy atom. The lowest BCUT2D eigenvalue weighted by molar-refractivity contribution is -0.119. The lowest BCUT2D eigenvalue weighted by Crippen LogP contribution is -2.48. The minimum Gasteiger partial charge on any atom is -0.442 e. The Morgan fingerprint density at radius 1 is 1.23 bits per heavy atom. The predicted molar refractivity (Wildman–Crippen MR) is 115 cm³/mol. The van der Waals surface area contributed by atoms with Crippen LogP contribution in [-0.2, 0) is 9.53 Å². The molecule has 3 amide bonds. The van der Waals surface area contributed by atoms with E-state index in [0.29, 0.717) is 42.4 Å². The first kappa shape index (κ1) is 21.1. The van der Waals surface area contributed by atoms with E-state index in [4.69, 9.17) is 4.74 Å². The first-order chi connectivity index (χ1) is 14.9. The molecule has 2 aliphatic heterocycles. The van der Waals surface area contributed by atoms with Crippen LogP contribution < -0.4 is 15.1 Å². The normalized spacial score (nSPS) is 18.8. The molecular formula is C21H23FN4O4S. The fourth-order valence-corrected chi connectivity index (χ4v) is 4.41. The van der Waals surface area contributed by atoms with Gasteiger partial charge < -0.3 is 19.9 Å². The van der Waals surface area contributed by atoms with Gasteiger partial charge in [0.2, 0.25) is 5.91 Å². The van der Waals surface area contributed by atoms with E-state index in [9.17, 15) is 18.8 Å². The zero-order valence-electron chi connectivity index (χ0n) is 17.0. The van der Waals surface area contributed by atoms with E-state index in [0.717, 1.165) is 0 Å². The minimum atomic E-state index is -0.566. The Balaban J connectivity index is 1.38. The molecule has 3 heterocycles. The van der Waals surface area contributed by atoms with Crippen molar-refractivity contribution >= 4 is 40.6 Å². The van der Waals surface area contributed by atoms with Crippen molar-refractivity contribution in [2.45, 2.75) is 13.0 Å². The standard InChI is InChI=1S/C21H23FN4O4S/c1-14(27)23-12-16-13-26(21(29)30-16)15-4-5-18(17(22)11-15)24-6-8-25(9-7-24)20(28)19-3-2-10-31-19/h2-5,10-11,16H,6-9,12-13H2,1H3,(H,23,27)/t16-/m0/s1. The third-order valence-electron chi connectivity index (χ3n) is 5.34. The summed E-state index contributed by atoms with van der Waals surface area (Å²) >= 11 is 1.41. The Kier molecular flexibility index (Phi) is 6.08. The topological polar surface area (TPSA) is 82.2 Å². The number of nitrogens with zero attached hydrogens (tertiary/aromatic N) is 3. The summed E-state index contributed by atoms with van der Waals surface area (Å²) in [4.78, 5) is 41.4. The predicted octanol–water partition coefficient (Wildman–Crippen LogP) is 2.31. The average Bonchev–Trinajstić information content (AvgIpc) is 3.42. The number of cyclic esters (lactones) is 1. The summed E-state index contributed by atoms with van der Waals surface area (Å²) in [5.41, 5.74) is 0.845. The zero-order valence-corrected chi connectivity index (χ0v) is 17.9. The third kappa shape index (κ3) is 4.63. The molecule has 164 valence electrons.